The number of rotatable bonds is 5. The molecular weight excluding hydrogens is 439 g/mol. The van der Waals surface area contributed by atoms with Gasteiger partial charge in [0.15, 0.2) is 0 Å². The quantitative estimate of drug-likeness (QED) is 0.695. The second-order valence-electron chi connectivity index (χ2n) is 7.30. The van der Waals surface area contributed by atoms with Crippen LogP contribution in [0.3, 0.4) is 0 Å². The highest BCUT2D eigenvalue weighted by atomic mass is 32.2. The van der Waals surface area contributed by atoms with Crippen molar-refractivity contribution >= 4 is 27.5 Å². The Labute approximate surface area is 174 Å². The zero-order valence-electron chi connectivity index (χ0n) is 16.0. The lowest BCUT2D eigenvalue weighted by Crippen LogP contribution is -2.35. The SMILES string of the molecule is COc1cc(CC2CC23NC(=O)N(c2ccc(S(=O)(=O)C(F)(F)F)cc2)C3=O)ccn1. The molecule has 1 aromatic heterocycles. The summed E-state index contributed by atoms with van der Waals surface area (Å²) in [6, 6.07) is 6.22. The lowest BCUT2D eigenvalue weighted by molar-refractivity contribution is -0.119. The van der Waals surface area contributed by atoms with Crippen molar-refractivity contribution in [3.63, 3.8) is 0 Å². The fraction of sp³-hybridized carbons (Fsp3) is 0.316. The summed E-state index contributed by atoms with van der Waals surface area (Å²) in [7, 11) is -4.04. The topological polar surface area (TPSA) is 106 Å². The zero-order valence-corrected chi connectivity index (χ0v) is 16.8. The number of imide groups is 1. The van der Waals surface area contributed by atoms with E-state index in [9.17, 15) is 31.2 Å². The second kappa shape index (κ2) is 6.94. The molecule has 12 heteroatoms. The summed E-state index contributed by atoms with van der Waals surface area (Å²) < 4.78 is 66.1. The molecule has 2 aromatic rings. The van der Waals surface area contributed by atoms with Crippen molar-refractivity contribution in [2.45, 2.75) is 28.8 Å². The van der Waals surface area contributed by atoms with Gasteiger partial charge in [-0.1, -0.05) is 0 Å². The van der Waals surface area contributed by atoms with E-state index in [4.69, 9.17) is 4.74 Å². The molecule has 2 aliphatic rings. The van der Waals surface area contributed by atoms with Crippen LogP contribution < -0.4 is 15.0 Å². The van der Waals surface area contributed by atoms with Gasteiger partial charge >= 0.3 is 11.5 Å². The number of aromatic nitrogens is 1. The Bertz CT molecular complexity index is 1170. The first kappa shape index (κ1) is 21.1. The van der Waals surface area contributed by atoms with Crippen LogP contribution in [-0.2, 0) is 21.1 Å². The highest BCUT2D eigenvalue weighted by Gasteiger charge is 2.67. The molecule has 1 spiro atoms. The maximum absolute atomic E-state index is 13.0. The van der Waals surface area contributed by atoms with Gasteiger partial charge in [0.2, 0.25) is 5.88 Å². The predicted octanol–water partition coefficient (Wildman–Crippen LogP) is 2.44. The number of hydrogen-bond donors (Lipinski definition) is 1. The zero-order chi connectivity index (χ0) is 22.6. The number of urea groups is 1. The number of amides is 3. The summed E-state index contributed by atoms with van der Waals surface area (Å²) in [4.78, 5) is 29.3. The minimum Gasteiger partial charge on any atom is -0.481 e. The summed E-state index contributed by atoms with van der Waals surface area (Å²) in [6.45, 7) is 0. The average Bonchev–Trinajstić information content (AvgIpc) is 3.33. The molecule has 2 heterocycles. The molecule has 1 aliphatic carbocycles. The minimum atomic E-state index is -5.52. The Morgan fingerprint density at radius 3 is 2.52 bits per heavy atom. The molecule has 3 amide bonds. The molecule has 0 bridgehead atoms. The normalized spacial score (nSPS) is 23.2. The molecule has 1 saturated carbocycles. The van der Waals surface area contributed by atoms with Gasteiger partial charge in [0.25, 0.3) is 15.7 Å². The monoisotopic (exact) mass is 455 g/mol. The van der Waals surface area contributed by atoms with Gasteiger partial charge in [-0.3, -0.25) is 4.79 Å². The molecule has 2 unspecified atom stereocenters. The lowest BCUT2D eigenvalue weighted by atomic mass is 10.1. The van der Waals surface area contributed by atoms with Crippen molar-refractivity contribution in [3.8, 4) is 5.88 Å². The van der Waals surface area contributed by atoms with E-state index in [0.29, 0.717) is 18.7 Å². The molecule has 2 atom stereocenters. The van der Waals surface area contributed by atoms with Crippen LogP contribution in [0.5, 0.6) is 5.88 Å². The van der Waals surface area contributed by atoms with Crippen LogP contribution >= 0.6 is 0 Å². The number of methoxy groups -OCH3 is 1. The number of benzene rings is 1. The van der Waals surface area contributed by atoms with Crippen molar-refractivity contribution in [2.24, 2.45) is 5.92 Å². The van der Waals surface area contributed by atoms with Gasteiger partial charge in [-0.05, 0) is 54.7 Å². The summed E-state index contributed by atoms with van der Waals surface area (Å²) in [5, 5.41) is 2.66. The fourth-order valence-electron chi connectivity index (χ4n) is 3.70. The number of ether oxygens (including phenoxy) is 1. The number of pyridine rings is 1. The van der Waals surface area contributed by atoms with Crippen LogP contribution in [0.2, 0.25) is 0 Å². The van der Waals surface area contributed by atoms with Crippen LogP contribution in [0.25, 0.3) is 0 Å². The molecule has 1 aromatic carbocycles. The predicted molar refractivity (Wildman–Crippen MR) is 101 cm³/mol. The smallest absolute Gasteiger partial charge is 0.481 e. The van der Waals surface area contributed by atoms with Crippen molar-refractivity contribution in [1.29, 1.82) is 0 Å². The standard InChI is InChI=1S/C19H16F3N3O5S/c1-30-15-9-11(6-7-23-15)8-12-10-18(12)16(26)25(17(27)24-18)13-2-4-14(5-3-13)31(28,29)19(20,21)22/h2-7,9,12H,8,10H2,1H3,(H,24,27). The van der Waals surface area contributed by atoms with Crippen molar-refractivity contribution < 1.29 is 35.9 Å². The van der Waals surface area contributed by atoms with Gasteiger partial charge in [-0.2, -0.15) is 13.2 Å². The maximum Gasteiger partial charge on any atom is 0.501 e. The van der Waals surface area contributed by atoms with Crippen LogP contribution in [-0.4, -0.2) is 43.5 Å². The van der Waals surface area contributed by atoms with E-state index in [0.717, 1.165) is 34.7 Å². The number of anilines is 1. The third-order valence-corrected chi connectivity index (χ3v) is 6.93. The van der Waals surface area contributed by atoms with Crippen molar-refractivity contribution in [2.75, 3.05) is 12.0 Å². The first-order valence-corrected chi connectivity index (χ1v) is 10.5. The highest BCUT2D eigenvalue weighted by molar-refractivity contribution is 7.92. The summed E-state index contributed by atoms with van der Waals surface area (Å²) in [5.41, 5.74) is -5.69. The first-order chi connectivity index (χ1) is 14.5. The van der Waals surface area contributed by atoms with E-state index < -0.39 is 37.7 Å². The molecular formula is C19H16F3N3O5S. The van der Waals surface area contributed by atoms with E-state index >= 15 is 0 Å². The van der Waals surface area contributed by atoms with Gasteiger partial charge in [0, 0.05) is 12.3 Å². The number of carbonyl (C=O) groups excluding carboxylic acids is 2. The third-order valence-electron chi connectivity index (χ3n) is 5.42. The number of alkyl halides is 3. The van der Waals surface area contributed by atoms with Crippen molar-refractivity contribution in [3.05, 3.63) is 48.2 Å². The van der Waals surface area contributed by atoms with Gasteiger partial charge in [-0.15, -0.1) is 0 Å². The van der Waals surface area contributed by atoms with E-state index in [1.54, 1.807) is 18.3 Å². The Morgan fingerprint density at radius 2 is 1.90 bits per heavy atom. The Balaban J connectivity index is 1.53. The molecule has 164 valence electrons. The minimum absolute atomic E-state index is 0.0169. The molecule has 1 aliphatic heterocycles. The Kier molecular flexibility index (Phi) is 4.72. The number of hydrogen-bond acceptors (Lipinski definition) is 6. The first-order valence-electron chi connectivity index (χ1n) is 9.06. The maximum atomic E-state index is 13.0. The van der Waals surface area contributed by atoms with Crippen molar-refractivity contribution in [1.82, 2.24) is 10.3 Å². The number of nitrogens with zero attached hydrogens (tertiary/aromatic N) is 2. The number of sulfone groups is 1. The molecule has 1 saturated heterocycles. The van der Waals surface area contributed by atoms with E-state index in [1.807, 2.05) is 0 Å². The van der Waals surface area contributed by atoms with E-state index in [-0.39, 0.29) is 11.6 Å². The average molecular weight is 455 g/mol. The fourth-order valence-corrected chi connectivity index (χ4v) is 4.46. The van der Waals surface area contributed by atoms with Gasteiger partial charge in [0.05, 0.1) is 17.7 Å². The molecule has 8 nitrogen and oxygen atoms in total. The summed E-state index contributed by atoms with van der Waals surface area (Å²) in [5.74, 6) is -0.287. The van der Waals surface area contributed by atoms with E-state index in [1.165, 1.54) is 7.11 Å². The van der Waals surface area contributed by atoms with Gasteiger partial charge in [0.1, 0.15) is 5.54 Å². The van der Waals surface area contributed by atoms with E-state index in [2.05, 4.69) is 10.3 Å². The molecule has 4 rings (SSSR count). The van der Waals surface area contributed by atoms with Crippen LogP contribution in [0.4, 0.5) is 23.7 Å². The number of nitrogens with one attached hydrogen (secondary N) is 1. The second-order valence-corrected chi connectivity index (χ2v) is 9.24. The highest BCUT2D eigenvalue weighted by Crippen LogP contribution is 2.50. The largest absolute Gasteiger partial charge is 0.501 e. The Morgan fingerprint density at radius 1 is 1.23 bits per heavy atom. The molecule has 1 N–H and O–H groups in total. The lowest BCUT2D eigenvalue weighted by Gasteiger charge is -2.14. The summed E-state index contributed by atoms with van der Waals surface area (Å²) >= 11 is 0. The van der Waals surface area contributed by atoms with Crippen LogP contribution in [0, 0.1) is 5.92 Å². The van der Waals surface area contributed by atoms with Crippen LogP contribution in [0.1, 0.15) is 12.0 Å². The molecule has 0 radical (unpaired) electrons. The molecule has 2 fully saturated rings. The summed E-state index contributed by atoms with van der Waals surface area (Å²) in [6.07, 6.45) is 2.46. The molecule has 31 heavy (non-hydrogen) atoms. The van der Waals surface area contributed by atoms with Crippen LogP contribution in [0.15, 0.2) is 47.5 Å². The Hall–Kier alpha value is -3.15. The number of carbonyl (C=O) groups is 2. The van der Waals surface area contributed by atoms with Gasteiger partial charge < -0.3 is 10.1 Å². The number of halogens is 3. The third kappa shape index (κ3) is 3.40. The van der Waals surface area contributed by atoms with Gasteiger partial charge in [-0.25, -0.2) is 23.1 Å².